The molecule has 0 bridgehead atoms. The standard InChI is InChI=1S/C20H21N3O6S2/c1-27-16-5-3-4-14(18(16)28-2)19(24)22-20-21-15-7-6-13(12-17(15)30-20)31(25,26)23-8-10-29-11-9-23/h3-7,12H,8-11H2,1-2H3,(H,21,22,24). The van der Waals surface area contributed by atoms with Gasteiger partial charge in [0.1, 0.15) is 0 Å². The van der Waals surface area contributed by atoms with Crippen molar-refractivity contribution < 1.29 is 27.4 Å². The molecule has 2 heterocycles. The van der Waals surface area contributed by atoms with Crippen molar-refractivity contribution in [3.63, 3.8) is 0 Å². The number of nitrogens with one attached hydrogen (secondary N) is 1. The molecule has 1 saturated heterocycles. The smallest absolute Gasteiger partial charge is 0.261 e. The molecule has 1 fully saturated rings. The van der Waals surface area contributed by atoms with Crippen molar-refractivity contribution >= 4 is 42.6 Å². The van der Waals surface area contributed by atoms with Crippen LogP contribution in [0.15, 0.2) is 41.3 Å². The number of carbonyl (C=O) groups is 1. The summed E-state index contributed by atoms with van der Waals surface area (Å²) in [6.45, 7) is 1.41. The number of nitrogens with zero attached hydrogens (tertiary/aromatic N) is 2. The number of fused-ring (bicyclic) bond motifs is 1. The molecule has 31 heavy (non-hydrogen) atoms. The zero-order chi connectivity index (χ0) is 22.0. The number of hydrogen-bond donors (Lipinski definition) is 1. The van der Waals surface area contributed by atoms with Gasteiger partial charge in [0.2, 0.25) is 10.0 Å². The summed E-state index contributed by atoms with van der Waals surface area (Å²) >= 11 is 1.20. The van der Waals surface area contributed by atoms with E-state index in [4.69, 9.17) is 14.2 Å². The Kier molecular flexibility index (Phi) is 6.10. The number of anilines is 1. The first-order chi connectivity index (χ1) is 14.9. The number of morpholine rings is 1. The topological polar surface area (TPSA) is 107 Å². The van der Waals surface area contributed by atoms with Crippen LogP contribution in [0.2, 0.25) is 0 Å². The first kappa shape index (κ1) is 21.5. The maximum atomic E-state index is 12.9. The Bertz CT molecular complexity index is 1220. The summed E-state index contributed by atoms with van der Waals surface area (Å²) in [6.07, 6.45) is 0. The van der Waals surface area contributed by atoms with Gasteiger partial charge in [-0.2, -0.15) is 4.31 Å². The highest BCUT2D eigenvalue weighted by Gasteiger charge is 2.27. The van der Waals surface area contributed by atoms with Gasteiger partial charge in [-0.25, -0.2) is 13.4 Å². The molecule has 0 spiro atoms. The number of aromatic nitrogens is 1. The van der Waals surface area contributed by atoms with E-state index in [-0.39, 0.29) is 4.90 Å². The second kappa shape index (κ2) is 8.79. The monoisotopic (exact) mass is 463 g/mol. The minimum Gasteiger partial charge on any atom is -0.493 e. The molecule has 0 unspecified atom stereocenters. The third-order valence-corrected chi connectivity index (χ3v) is 7.66. The van der Waals surface area contributed by atoms with Crippen molar-refractivity contribution in [1.29, 1.82) is 0 Å². The molecule has 0 atom stereocenters. The molecule has 164 valence electrons. The molecule has 1 N–H and O–H groups in total. The van der Waals surface area contributed by atoms with Crippen molar-refractivity contribution in [2.75, 3.05) is 45.8 Å². The molecule has 0 radical (unpaired) electrons. The summed E-state index contributed by atoms with van der Waals surface area (Å²) < 4.78 is 43.6. The van der Waals surface area contributed by atoms with Crippen LogP contribution >= 0.6 is 11.3 Å². The van der Waals surface area contributed by atoms with Crippen molar-refractivity contribution in [1.82, 2.24) is 9.29 Å². The lowest BCUT2D eigenvalue weighted by Crippen LogP contribution is -2.40. The summed E-state index contributed by atoms with van der Waals surface area (Å²) in [5, 5.41) is 3.10. The van der Waals surface area contributed by atoms with Crippen molar-refractivity contribution in [2.24, 2.45) is 0 Å². The van der Waals surface area contributed by atoms with Gasteiger partial charge >= 0.3 is 0 Å². The van der Waals surface area contributed by atoms with Crippen LogP contribution in [-0.4, -0.2) is 64.1 Å². The molecule has 0 saturated carbocycles. The van der Waals surface area contributed by atoms with Crippen LogP contribution in [0, 0.1) is 0 Å². The Morgan fingerprint density at radius 1 is 1.16 bits per heavy atom. The Morgan fingerprint density at radius 2 is 1.94 bits per heavy atom. The fourth-order valence-corrected chi connectivity index (χ4v) is 5.69. The highest BCUT2D eigenvalue weighted by molar-refractivity contribution is 7.89. The largest absolute Gasteiger partial charge is 0.493 e. The zero-order valence-corrected chi connectivity index (χ0v) is 18.6. The SMILES string of the molecule is COc1cccc(C(=O)Nc2nc3ccc(S(=O)(=O)N4CCOCC4)cc3s2)c1OC. The molecule has 9 nitrogen and oxygen atoms in total. The summed E-state index contributed by atoms with van der Waals surface area (Å²) in [5.74, 6) is 0.357. The van der Waals surface area contributed by atoms with Gasteiger partial charge in [-0.05, 0) is 30.3 Å². The third kappa shape index (κ3) is 4.22. The Morgan fingerprint density at radius 3 is 2.65 bits per heavy atom. The molecule has 1 aromatic heterocycles. The van der Waals surface area contributed by atoms with Gasteiger partial charge in [0.15, 0.2) is 16.6 Å². The second-order valence-electron chi connectivity index (χ2n) is 6.66. The van der Waals surface area contributed by atoms with Gasteiger partial charge < -0.3 is 14.2 Å². The van der Waals surface area contributed by atoms with Crippen LogP contribution in [0.25, 0.3) is 10.2 Å². The summed E-state index contributed by atoms with van der Waals surface area (Å²) in [6, 6.07) is 9.77. The predicted octanol–water partition coefficient (Wildman–Crippen LogP) is 2.59. The number of amides is 1. The van der Waals surface area contributed by atoms with E-state index in [0.717, 1.165) is 0 Å². The zero-order valence-electron chi connectivity index (χ0n) is 17.0. The fraction of sp³-hybridized carbons (Fsp3) is 0.300. The molecule has 0 aliphatic carbocycles. The molecule has 1 aliphatic rings. The maximum Gasteiger partial charge on any atom is 0.261 e. The van der Waals surface area contributed by atoms with Gasteiger partial charge in [-0.15, -0.1) is 0 Å². The number of hydrogen-bond acceptors (Lipinski definition) is 8. The summed E-state index contributed by atoms with van der Waals surface area (Å²) in [4.78, 5) is 17.4. The molecule has 1 aliphatic heterocycles. The van der Waals surface area contributed by atoms with Crippen LogP contribution in [0.5, 0.6) is 11.5 Å². The van der Waals surface area contributed by atoms with E-state index >= 15 is 0 Å². The predicted molar refractivity (Wildman–Crippen MR) is 117 cm³/mol. The van der Waals surface area contributed by atoms with Crippen LogP contribution in [-0.2, 0) is 14.8 Å². The van der Waals surface area contributed by atoms with Gasteiger partial charge in [0.05, 0.1) is 48.1 Å². The lowest BCUT2D eigenvalue weighted by Gasteiger charge is -2.25. The molecule has 11 heteroatoms. The van der Waals surface area contributed by atoms with Gasteiger partial charge in [0.25, 0.3) is 5.91 Å². The lowest BCUT2D eigenvalue weighted by molar-refractivity contribution is 0.0730. The first-order valence-electron chi connectivity index (χ1n) is 9.45. The normalized spacial score (nSPS) is 15.0. The molecular weight excluding hydrogens is 442 g/mol. The maximum absolute atomic E-state index is 12.9. The molecule has 3 aromatic rings. The van der Waals surface area contributed by atoms with Gasteiger partial charge in [-0.3, -0.25) is 10.1 Å². The van der Waals surface area contributed by atoms with Gasteiger partial charge in [0, 0.05) is 13.1 Å². The van der Waals surface area contributed by atoms with E-state index in [2.05, 4.69) is 10.3 Å². The fourth-order valence-electron chi connectivity index (χ4n) is 3.29. The van der Waals surface area contributed by atoms with Crippen molar-refractivity contribution in [2.45, 2.75) is 4.90 Å². The van der Waals surface area contributed by atoms with E-state index in [0.29, 0.717) is 58.7 Å². The van der Waals surface area contributed by atoms with E-state index in [9.17, 15) is 13.2 Å². The summed E-state index contributed by atoms with van der Waals surface area (Å²) in [5.41, 5.74) is 0.899. The summed E-state index contributed by atoms with van der Waals surface area (Å²) in [7, 11) is -0.656. The minimum absolute atomic E-state index is 0.192. The van der Waals surface area contributed by atoms with E-state index in [1.54, 1.807) is 30.3 Å². The van der Waals surface area contributed by atoms with Crippen molar-refractivity contribution in [3.05, 3.63) is 42.0 Å². The molecule has 4 rings (SSSR count). The highest BCUT2D eigenvalue weighted by atomic mass is 32.2. The Balaban J connectivity index is 1.60. The molecular formula is C20H21N3O6S2. The molecule has 1 amide bonds. The Hall–Kier alpha value is -2.73. The van der Waals surface area contributed by atoms with Crippen LogP contribution in [0.4, 0.5) is 5.13 Å². The van der Waals surface area contributed by atoms with Crippen molar-refractivity contribution in [3.8, 4) is 11.5 Å². The number of rotatable bonds is 6. The first-order valence-corrected chi connectivity index (χ1v) is 11.7. The average Bonchev–Trinajstić information content (AvgIpc) is 3.20. The quantitative estimate of drug-likeness (QED) is 0.599. The average molecular weight is 464 g/mol. The second-order valence-corrected chi connectivity index (χ2v) is 9.63. The number of sulfonamides is 1. The molecule has 2 aromatic carbocycles. The lowest BCUT2D eigenvalue weighted by atomic mass is 10.1. The number of para-hydroxylation sites is 1. The van der Waals surface area contributed by atoms with Crippen LogP contribution in [0.3, 0.4) is 0 Å². The van der Waals surface area contributed by atoms with Crippen LogP contribution < -0.4 is 14.8 Å². The Labute approximate surface area is 183 Å². The van der Waals surface area contributed by atoms with Gasteiger partial charge in [-0.1, -0.05) is 17.4 Å². The number of methoxy groups -OCH3 is 2. The number of carbonyl (C=O) groups excluding carboxylic acids is 1. The van der Waals surface area contributed by atoms with E-state index in [1.807, 2.05) is 0 Å². The number of benzene rings is 2. The minimum atomic E-state index is -3.61. The highest BCUT2D eigenvalue weighted by Crippen LogP contribution is 2.33. The number of ether oxygens (including phenoxy) is 3. The number of thiazole rings is 1. The third-order valence-electron chi connectivity index (χ3n) is 4.84. The van der Waals surface area contributed by atoms with E-state index < -0.39 is 15.9 Å². The van der Waals surface area contributed by atoms with Crippen LogP contribution in [0.1, 0.15) is 10.4 Å². The van der Waals surface area contributed by atoms with E-state index in [1.165, 1.54) is 35.9 Å².